The first-order valence-electron chi connectivity index (χ1n) is 7.38. The monoisotopic (exact) mass is 292 g/mol. The van der Waals surface area contributed by atoms with Gasteiger partial charge in [-0.2, -0.15) is 0 Å². The number of ether oxygens (including phenoxy) is 2. The summed E-state index contributed by atoms with van der Waals surface area (Å²) in [6.45, 7) is 8.14. The molecule has 116 valence electrons. The summed E-state index contributed by atoms with van der Waals surface area (Å²) in [5, 5.41) is 0. The Bertz CT molecular complexity index is 496. The van der Waals surface area contributed by atoms with Gasteiger partial charge in [0, 0.05) is 24.7 Å². The van der Waals surface area contributed by atoms with Gasteiger partial charge in [-0.05, 0) is 26.8 Å². The first kappa shape index (κ1) is 15.8. The molecule has 1 aromatic carbocycles. The van der Waals surface area contributed by atoms with Crippen LogP contribution in [0.4, 0.5) is 0 Å². The van der Waals surface area contributed by atoms with Crippen molar-refractivity contribution in [3.63, 3.8) is 0 Å². The van der Waals surface area contributed by atoms with Gasteiger partial charge in [0.2, 0.25) is 0 Å². The molecule has 1 aliphatic heterocycles. The largest absolute Gasteiger partial charge is 0.481 e. The lowest BCUT2D eigenvalue weighted by Crippen LogP contribution is -2.46. The summed E-state index contributed by atoms with van der Waals surface area (Å²) < 4.78 is 11.1. The molecule has 0 bridgehead atoms. The standard InChI is InChI=1S/C16H24N2O3/c1-11-4-5-15(14(10-11)12(2)17)21-13(3)16(19)18-6-8-20-9-7-18/h4-5,10,12-13H,6-9,17H2,1-3H3/t12-,13?/m1/s1. The predicted molar refractivity (Wildman–Crippen MR) is 81.3 cm³/mol. The van der Waals surface area contributed by atoms with Crippen LogP contribution in [0.1, 0.15) is 31.0 Å². The second kappa shape index (κ2) is 6.91. The van der Waals surface area contributed by atoms with Crippen LogP contribution >= 0.6 is 0 Å². The van der Waals surface area contributed by atoms with Gasteiger partial charge < -0.3 is 20.1 Å². The highest BCUT2D eigenvalue weighted by Crippen LogP contribution is 2.26. The average molecular weight is 292 g/mol. The number of rotatable bonds is 4. The highest BCUT2D eigenvalue weighted by Gasteiger charge is 2.24. The molecule has 2 N–H and O–H groups in total. The molecule has 1 saturated heterocycles. The summed E-state index contributed by atoms with van der Waals surface area (Å²) in [6.07, 6.45) is -0.525. The molecule has 1 fully saturated rings. The first-order chi connectivity index (χ1) is 9.99. The van der Waals surface area contributed by atoms with Crippen LogP contribution in [0.25, 0.3) is 0 Å². The molecular weight excluding hydrogens is 268 g/mol. The second-order valence-electron chi connectivity index (χ2n) is 5.53. The van der Waals surface area contributed by atoms with Crippen LogP contribution < -0.4 is 10.5 Å². The fourth-order valence-electron chi connectivity index (χ4n) is 2.41. The van der Waals surface area contributed by atoms with Crippen molar-refractivity contribution in [3.05, 3.63) is 29.3 Å². The van der Waals surface area contributed by atoms with Gasteiger partial charge in [-0.25, -0.2) is 0 Å². The Morgan fingerprint density at radius 2 is 2.00 bits per heavy atom. The topological polar surface area (TPSA) is 64.8 Å². The second-order valence-corrected chi connectivity index (χ2v) is 5.53. The van der Waals surface area contributed by atoms with Gasteiger partial charge >= 0.3 is 0 Å². The summed E-state index contributed by atoms with van der Waals surface area (Å²) in [5.41, 5.74) is 8.04. The molecule has 1 amide bonds. The molecule has 1 unspecified atom stereocenters. The molecule has 1 heterocycles. The number of morpholine rings is 1. The smallest absolute Gasteiger partial charge is 0.263 e. The van der Waals surface area contributed by atoms with Crippen molar-refractivity contribution in [1.82, 2.24) is 4.90 Å². The average Bonchev–Trinajstić information content (AvgIpc) is 2.49. The van der Waals surface area contributed by atoms with Crippen LogP contribution in [0.2, 0.25) is 0 Å². The van der Waals surface area contributed by atoms with Gasteiger partial charge in [0.05, 0.1) is 13.2 Å². The summed E-state index contributed by atoms with van der Waals surface area (Å²) >= 11 is 0. The van der Waals surface area contributed by atoms with Gasteiger partial charge in [0.25, 0.3) is 5.91 Å². The van der Waals surface area contributed by atoms with Crippen molar-refractivity contribution in [2.75, 3.05) is 26.3 Å². The quantitative estimate of drug-likeness (QED) is 0.916. The van der Waals surface area contributed by atoms with E-state index in [9.17, 15) is 4.79 Å². The van der Waals surface area contributed by atoms with Crippen molar-refractivity contribution in [1.29, 1.82) is 0 Å². The summed E-state index contributed by atoms with van der Waals surface area (Å²) in [6, 6.07) is 5.72. The van der Waals surface area contributed by atoms with Crippen LogP contribution in [0.5, 0.6) is 5.75 Å². The van der Waals surface area contributed by atoms with Gasteiger partial charge in [-0.15, -0.1) is 0 Å². The van der Waals surface area contributed by atoms with Gasteiger partial charge in [0.15, 0.2) is 6.10 Å². The molecule has 0 saturated carbocycles. The number of amides is 1. The lowest BCUT2D eigenvalue weighted by Gasteiger charge is -2.29. The fraction of sp³-hybridized carbons (Fsp3) is 0.562. The van der Waals surface area contributed by atoms with Crippen LogP contribution in [0, 0.1) is 6.92 Å². The molecule has 0 radical (unpaired) electrons. The highest BCUT2D eigenvalue weighted by atomic mass is 16.5. The Hall–Kier alpha value is -1.59. The maximum absolute atomic E-state index is 12.4. The van der Waals surface area contributed by atoms with E-state index in [1.54, 1.807) is 11.8 Å². The van der Waals surface area contributed by atoms with Crippen LogP contribution in [0.15, 0.2) is 18.2 Å². The predicted octanol–water partition coefficient (Wildman–Crippen LogP) is 1.64. The lowest BCUT2D eigenvalue weighted by atomic mass is 10.1. The minimum Gasteiger partial charge on any atom is -0.481 e. The number of hydrogen-bond donors (Lipinski definition) is 1. The molecule has 1 aromatic rings. The van der Waals surface area contributed by atoms with Crippen molar-refractivity contribution >= 4 is 5.91 Å². The molecule has 1 aliphatic rings. The molecule has 0 spiro atoms. The van der Waals surface area contributed by atoms with Gasteiger partial charge in [-0.3, -0.25) is 4.79 Å². The third-order valence-electron chi connectivity index (χ3n) is 3.63. The summed E-state index contributed by atoms with van der Waals surface area (Å²) in [5.74, 6) is 0.680. The number of hydrogen-bond acceptors (Lipinski definition) is 4. The summed E-state index contributed by atoms with van der Waals surface area (Å²) in [7, 11) is 0. The number of carbonyl (C=O) groups excluding carboxylic acids is 1. The fourth-order valence-corrected chi connectivity index (χ4v) is 2.41. The SMILES string of the molecule is Cc1ccc(OC(C)C(=O)N2CCOCC2)c([C@@H](C)N)c1. The van der Waals surface area contributed by atoms with E-state index in [2.05, 4.69) is 0 Å². The van der Waals surface area contributed by atoms with Gasteiger partial charge in [-0.1, -0.05) is 17.7 Å². The van der Waals surface area contributed by atoms with E-state index in [1.165, 1.54) is 0 Å². The maximum atomic E-state index is 12.4. The molecule has 2 rings (SSSR count). The van der Waals surface area contributed by atoms with Gasteiger partial charge in [0.1, 0.15) is 5.75 Å². The van der Waals surface area contributed by atoms with Crippen molar-refractivity contribution < 1.29 is 14.3 Å². The first-order valence-corrected chi connectivity index (χ1v) is 7.38. The Morgan fingerprint density at radius 3 is 2.62 bits per heavy atom. The Morgan fingerprint density at radius 1 is 1.33 bits per heavy atom. The molecule has 0 aliphatic carbocycles. The van der Waals surface area contributed by atoms with E-state index in [0.717, 1.165) is 11.1 Å². The third kappa shape index (κ3) is 3.95. The zero-order valence-corrected chi connectivity index (χ0v) is 13.0. The van der Waals surface area contributed by atoms with Crippen LogP contribution in [0.3, 0.4) is 0 Å². The minimum absolute atomic E-state index is 0.00509. The van der Waals surface area contributed by atoms with Crippen LogP contribution in [-0.4, -0.2) is 43.2 Å². The Labute approximate surface area is 126 Å². The maximum Gasteiger partial charge on any atom is 0.263 e. The van der Waals surface area contributed by atoms with E-state index in [0.29, 0.717) is 32.1 Å². The zero-order valence-electron chi connectivity index (χ0n) is 13.0. The van der Waals surface area contributed by atoms with Crippen LogP contribution in [-0.2, 0) is 9.53 Å². The minimum atomic E-state index is -0.525. The van der Waals surface area contributed by atoms with Crippen molar-refractivity contribution in [2.24, 2.45) is 5.73 Å². The molecule has 2 atom stereocenters. The van der Waals surface area contributed by atoms with E-state index in [4.69, 9.17) is 15.2 Å². The number of nitrogens with zero attached hydrogens (tertiary/aromatic N) is 1. The number of carbonyl (C=O) groups is 1. The summed E-state index contributed by atoms with van der Waals surface area (Å²) in [4.78, 5) is 14.2. The number of benzene rings is 1. The van der Waals surface area contributed by atoms with E-state index >= 15 is 0 Å². The van der Waals surface area contributed by atoms with Crippen molar-refractivity contribution in [3.8, 4) is 5.75 Å². The molecule has 21 heavy (non-hydrogen) atoms. The zero-order chi connectivity index (χ0) is 15.4. The normalized spacial score (nSPS) is 18.2. The third-order valence-corrected chi connectivity index (χ3v) is 3.63. The molecule has 5 heteroatoms. The Balaban J connectivity index is 2.08. The van der Waals surface area contributed by atoms with E-state index in [-0.39, 0.29) is 11.9 Å². The van der Waals surface area contributed by atoms with Crippen molar-refractivity contribution in [2.45, 2.75) is 32.9 Å². The lowest BCUT2D eigenvalue weighted by molar-refractivity contribution is -0.142. The number of aryl methyl sites for hydroxylation is 1. The highest BCUT2D eigenvalue weighted by molar-refractivity contribution is 5.81. The molecular formula is C16H24N2O3. The van der Waals surface area contributed by atoms with E-state index < -0.39 is 6.10 Å². The Kier molecular flexibility index (Phi) is 5.20. The molecule has 0 aromatic heterocycles. The number of nitrogens with two attached hydrogens (primary N) is 1. The molecule has 5 nitrogen and oxygen atoms in total. The van der Waals surface area contributed by atoms with E-state index in [1.807, 2.05) is 32.0 Å².